The predicted octanol–water partition coefficient (Wildman–Crippen LogP) is 3.75. The summed E-state index contributed by atoms with van der Waals surface area (Å²) in [4.78, 5) is 38.8. The molecule has 0 radical (unpaired) electrons. The van der Waals surface area contributed by atoms with Crippen molar-refractivity contribution in [3.63, 3.8) is 0 Å². The average molecular weight is 569 g/mol. The lowest BCUT2D eigenvalue weighted by Gasteiger charge is -2.33. The lowest BCUT2D eigenvalue weighted by Crippen LogP contribution is -2.52. The molecule has 2 amide bonds. The molecule has 0 aliphatic rings. The summed E-state index contributed by atoms with van der Waals surface area (Å²) >= 11 is 6.34. The number of nitrogens with zero attached hydrogens (tertiary/aromatic N) is 3. The van der Waals surface area contributed by atoms with Crippen LogP contribution in [0.4, 0.5) is 11.4 Å². The van der Waals surface area contributed by atoms with Gasteiger partial charge >= 0.3 is 0 Å². The number of amides is 2. The second-order valence-electron chi connectivity index (χ2n) is 8.56. The van der Waals surface area contributed by atoms with E-state index in [-0.39, 0.29) is 36.0 Å². The van der Waals surface area contributed by atoms with Crippen LogP contribution in [0.3, 0.4) is 0 Å². The molecule has 0 fully saturated rings. The molecular formula is C25H33ClN4O7S. The van der Waals surface area contributed by atoms with Crippen molar-refractivity contribution in [3.05, 3.63) is 63.2 Å². The first-order valence-electron chi connectivity index (χ1n) is 12.0. The van der Waals surface area contributed by atoms with Gasteiger partial charge in [0.2, 0.25) is 21.8 Å². The smallest absolute Gasteiger partial charge is 0.271 e. The van der Waals surface area contributed by atoms with Crippen LogP contribution in [-0.4, -0.2) is 62.6 Å². The quantitative estimate of drug-likeness (QED) is 0.208. The zero-order valence-corrected chi connectivity index (χ0v) is 23.4. The maximum Gasteiger partial charge on any atom is 0.271 e. The van der Waals surface area contributed by atoms with Crippen molar-refractivity contribution >= 4 is 44.8 Å². The zero-order chi connectivity index (χ0) is 28.5. The fraction of sp³-hybridized carbons (Fsp3) is 0.440. The number of nitro benzene ring substituents is 1. The topological polar surface area (TPSA) is 139 Å². The van der Waals surface area contributed by atoms with Gasteiger partial charge in [0.1, 0.15) is 24.0 Å². The summed E-state index contributed by atoms with van der Waals surface area (Å²) in [5.41, 5.74) is 0.0217. The first-order chi connectivity index (χ1) is 17.9. The predicted molar refractivity (Wildman–Crippen MR) is 146 cm³/mol. The van der Waals surface area contributed by atoms with Gasteiger partial charge in [-0.2, -0.15) is 0 Å². The van der Waals surface area contributed by atoms with Gasteiger partial charge in [-0.25, -0.2) is 8.42 Å². The van der Waals surface area contributed by atoms with Crippen LogP contribution in [0, 0.1) is 10.1 Å². The van der Waals surface area contributed by atoms with Crippen LogP contribution in [0.2, 0.25) is 5.02 Å². The van der Waals surface area contributed by atoms with Crippen molar-refractivity contribution in [3.8, 4) is 5.75 Å². The molecule has 11 nitrogen and oxygen atoms in total. The average Bonchev–Trinajstić information content (AvgIpc) is 2.87. The van der Waals surface area contributed by atoms with Crippen molar-refractivity contribution in [1.29, 1.82) is 0 Å². The number of carbonyl (C=O) groups is 2. The molecule has 38 heavy (non-hydrogen) atoms. The van der Waals surface area contributed by atoms with Crippen molar-refractivity contribution in [2.24, 2.45) is 0 Å². The van der Waals surface area contributed by atoms with Gasteiger partial charge < -0.3 is 15.0 Å². The minimum absolute atomic E-state index is 0.0239. The summed E-state index contributed by atoms with van der Waals surface area (Å²) in [5.74, 6) is -1.04. The molecule has 1 N–H and O–H groups in total. The van der Waals surface area contributed by atoms with Gasteiger partial charge in [-0.1, -0.05) is 50.1 Å². The third kappa shape index (κ3) is 8.06. The highest BCUT2D eigenvalue weighted by Gasteiger charge is 2.33. The van der Waals surface area contributed by atoms with Crippen LogP contribution < -0.4 is 14.4 Å². The Bertz CT molecular complexity index is 1260. The molecule has 0 bridgehead atoms. The molecule has 0 aliphatic carbocycles. The number of hydrogen-bond acceptors (Lipinski definition) is 7. The van der Waals surface area contributed by atoms with E-state index in [1.54, 1.807) is 31.2 Å². The first-order valence-corrected chi connectivity index (χ1v) is 14.3. The summed E-state index contributed by atoms with van der Waals surface area (Å²) in [6.07, 6.45) is 2.77. The molecule has 0 heterocycles. The molecule has 0 saturated heterocycles. The minimum Gasteiger partial charge on any atom is -0.495 e. The summed E-state index contributed by atoms with van der Waals surface area (Å²) in [5, 5.41) is 14.6. The third-order valence-corrected chi connectivity index (χ3v) is 7.33. The van der Waals surface area contributed by atoms with E-state index in [1.807, 2.05) is 6.92 Å². The van der Waals surface area contributed by atoms with Crippen LogP contribution in [-0.2, 0) is 26.2 Å². The largest absolute Gasteiger partial charge is 0.495 e. The van der Waals surface area contributed by atoms with Gasteiger partial charge in [-0.15, -0.1) is 0 Å². The van der Waals surface area contributed by atoms with E-state index in [1.165, 1.54) is 24.1 Å². The number of nitro groups is 1. The number of nitrogens with one attached hydrogen (secondary N) is 1. The van der Waals surface area contributed by atoms with E-state index in [2.05, 4.69) is 5.32 Å². The number of sulfonamides is 1. The molecule has 0 aromatic heterocycles. The number of methoxy groups -OCH3 is 1. The Hall–Kier alpha value is -3.38. The number of non-ortho nitro benzene ring substituents is 1. The highest BCUT2D eigenvalue weighted by atomic mass is 35.5. The molecule has 0 aliphatic heterocycles. The lowest BCUT2D eigenvalue weighted by molar-refractivity contribution is -0.384. The van der Waals surface area contributed by atoms with Gasteiger partial charge in [-0.3, -0.25) is 24.0 Å². The second-order valence-corrected chi connectivity index (χ2v) is 10.9. The number of carbonyl (C=O) groups excluding carboxylic acids is 2. The third-order valence-electron chi connectivity index (χ3n) is 5.84. The van der Waals surface area contributed by atoms with Crippen molar-refractivity contribution in [1.82, 2.24) is 10.2 Å². The molecule has 1 atom stereocenters. The molecule has 2 aromatic rings. The highest BCUT2D eigenvalue weighted by molar-refractivity contribution is 7.92. The molecule has 13 heteroatoms. The summed E-state index contributed by atoms with van der Waals surface area (Å²) in [6, 6.07) is 9.37. The maximum absolute atomic E-state index is 13.8. The van der Waals surface area contributed by atoms with E-state index >= 15 is 0 Å². The van der Waals surface area contributed by atoms with Crippen molar-refractivity contribution in [2.75, 3.05) is 30.8 Å². The van der Waals surface area contributed by atoms with Crippen molar-refractivity contribution in [2.45, 2.75) is 45.7 Å². The van der Waals surface area contributed by atoms with Gasteiger partial charge in [-0.05, 0) is 30.5 Å². The minimum atomic E-state index is -4.12. The number of rotatable bonds is 14. The molecule has 0 unspecified atom stereocenters. The Morgan fingerprint density at radius 2 is 1.87 bits per heavy atom. The van der Waals surface area contributed by atoms with Crippen molar-refractivity contribution < 1.29 is 27.7 Å². The fourth-order valence-corrected chi connectivity index (χ4v) is 4.86. The number of benzene rings is 2. The van der Waals surface area contributed by atoms with Crippen LogP contribution in [0.5, 0.6) is 5.75 Å². The zero-order valence-electron chi connectivity index (χ0n) is 21.8. The Morgan fingerprint density at radius 1 is 1.18 bits per heavy atom. The number of anilines is 1. The Morgan fingerprint density at radius 3 is 2.42 bits per heavy atom. The van der Waals surface area contributed by atoms with Gasteiger partial charge in [0, 0.05) is 30.2 Å². The number of halogens is 1. The standard InChI is InChI=1S/C25H33ClN4O7S/c1-5-7-14-27-25(32)21(6-2)28(16-18-10-8-9-11-20(18)26)24(31)17-29(38(4,35)36)22-15-19(30(33)34)12-13-23(22)37-3/h8-13,15,21H,5-7,14,16-17H2,1-4H3,(H,27,32)/t21-/m0/s1. The summed E-state index contributed by atoms with van der Waals surface area (Å²) in [6.45, 7) is 3.38. The number of ether oxygens (including phenoxy) is 1. The monoisotopic (exact) mass is 568 g/mol. The normalized spacial score (nSPS) is 11.9. The number of hydrogen-bond donors (Lipinski definition) is 1. The molecule has 2 rings (SSSR count). The summed E-state index contributed by atoms with van der Waals surface area (Å²) < 4.78 is 31.6. The maximum atomic E-state index is 13.8. The van der Waals surface area contributed by atoms with Gasteiger partial charge in [0.25, 0.3) is 5.69 Å². The molecular weight excluding hydrogens is 536 g/mol. The van der Waals surface area contributed by atoms with E-state index < -0.39 is 33.4 Å². The summed E-state index contributed by atoms with van der Waals surface area (Å²) in [7, 11) is -2.83. The molecule has 208 valence electrons. The van der Waals surface area contributed by atoms with E-state index in [0.29, 0.717) is 17.1 Å². The van der Waals surface area contributed by atoms with E-state index in [9.17, 15) is 28.1 Å². The Kier molecular flexibility index (Phi) is 11.3. The van der Waals surface area contributed by atoms with E-state index in [0.717, 1.165) is 29.5 Å². The molecule has 2 aromatic carbocycles. The lowest BCUT2D eigenvalue weighted by atomic mass is 10.1. The van der Waals surface area contributed by atoms with Gasteiger partial charge in [0.15, 0.2) is 0 Å². The van der Waals surface area contributed by atoms with Crippen LogP contribution >= 0.6 is 11.6 Å². The van der Waals surface area contributed by atoms with Crippen LogP contribution in [0.15, 0.2) is 42.5 Å². The molecule has 0 saturated carbocycles. The van der Waals surface area contributed by atoms with Crippen LogP contribution in [0.1, 0.15) is 38.7 Å². The van der Waals surface area contributed by atoms with E-state index in [4.69, 9.17) is 16.3 Å². The molecule has 0 spiro atoms. The number of unbranched alkanes of at least 4 members (excludes halogenated alkanes) is 1. The Balaban J connectivity index is 2.54. The SMILES string of the molecule is CCCCNC(=O)[C@H](CC)N(Cc1ccccc1Cl)C(=O)CN(c1cc([N+](=O)[O-])ccc1OC)S(C)(=O)=O. The van der Waals surface area contributed by atoms with Gasteiger partial charge in [0.05, 0.1) is 18.3 Å². The highest BCUT2D eigenvalue weighted by Crippen LogP contribution is 2.34. The van der Waals surface area contributed by atoms with Crippen LogP contribution in [0.25, 0.3) is 0 Å². The first kappa shape index (κ1) is 30.8. The fourth-order valence-electron chi connectivity index (χ4n) is 3.82. The Labute approximate surface area is 227 Å². The second kappa shape index (κ2) is 14.0.